The summed E-state index contributed by atoms with van der Waals surface area (Å²) >= 11 is 0. The Labute approximate surface area is 77.6 Å². The molecule has 0 amide bonds. The average molecular weight is 178 g/mol. The van der Waals surface area contributed by atoms with Crippen molar-refractivity contribution in [1.82, 2.24) is 9.97 Å². The molecule has 1 heterocycles. The van der Waals surface area contributed by atoms with Crippen LogP contribution in [-0.2, 0) is 0 Å². The number of aromatic nitrogens is 2. The third-order valence-corrected chi connectivity index (χ3v) is 2.25. The van der Waals surface area contributed by atoms with Crippen molar-refractivity contribution < 1.29 is 0 Å². The maximum absolute atomic E-state index is 5.49. The molecule has 2 rings (SSSR count). The average Bonchev–Trinajstić information content (AvgIpc) is 2.90. The molecule has 0 spiro atoms. The molecule has 0 atom stereocenters. The van der Waals surface area contributed by atoms with E-state index in [1.807, 2.05) is 6.92 Å². The SMILES string of the molecule is Cc1cnc(N)nc1NCC1CC1. The highest BCUT2D eigenvalue weighted by Gasteiger charge is 2.20. The molecule has 4 nitrogen and oxygen atoms in total. The van der Waals surface area contributed by atoms with E-state index in [4.69, 9.17) is 5.73 Å². The van der Waals surface area contributed by atoms with Gasteiger partial charge in [0.2, 0.25) is 5.95 Å². The summed E-state index contributed by atoms with van der Waals surface area (Å²) in [5.74, 6) is 2.05. The number of hydrogen-bond donors (Lipinski definition) is 2. The maximum Gasteiger partial charge on any atom is 0.221 e. The standard InChI is InChI=1S/C9H14N4/c1-6-4-12-9(10)13-8(6)11-5-7-2-3-7/h4,7H,2-3,5H2,1H3,(H3,10,11,12,13). The zero-order chi connectivity index (χ0) is 9.26. The Hall–Kier alpha value is -1.32. The second-order valence-corrected chi connectivity index (χ2v) is 3.58. The Bertz CT molecular complexity index is 306. The van der Waals surface area contributed by atoms with Gasteiger partial charge in [0.05, 0.1) is 0 Å². The van der Waals surface area contributed by atoms with Crippen molar-refractivity contribution in [1.29, 1.82) is 0 Å². The number of nitrogen functional groups attached to an aromatic ring is 1. The molecule has 4 heteroatoms. The molecule has 0 aromatic carbocycles. The van der Waals surface area contributed by atoms with E-state index in [2.05, 4.69) is 15.3 Å². The summed E-state index contributed by atoms with van der Waals surface area (Å²) in [4.78, 5) is 8.04. The van der Waals surface area contributed by atoms with Gasteiger partial charge in [-0.1, -0.05) is 0 Å². The first-order valence-corrected chi connectivity index (χ1v) is 4.58. The Morgan fingerprint density at radius 3 is 3.08 bits per heavy atom. The number of nitrogens with zero attached hydrogens (tertiary/aromatic N) is 2. The summed E-state index contributed by atoms with van der Waals surface area (Å²) in [6, 6.07) is 0. The molecule has 1 aromatic heterocycles. The van der Waals surface area contributed by atoms with Crippen LogP contribution in [0, 0.1) is 12.8 Å². The molecule has 0 bridgehead atoms. The van der Waals surface area contributed by atoms with E-state index in [9.17, 15) is 0 Å². The van der Waals surface area contributed by atoms with Crippen LogP contribution in [0.15, 0.2) is 6.20 Å². The highest BCUT2D eigenvalue weighted by molar-refractivity contribution is 5.45. The molecule has 0 radical (unpaired) electrons. The number of rotatable bonds is 3. The summed E-state index contributed by atoms with van der Waals surface area (Å²) in [5, 5.41) is 3.28. The minimum atomic E-state index is 0.337. The largest absolute Gasteiger partial charge is 0.369 e. The normalized spacial score (nSPS) is 15.8. The molecule has 0 unspecified atom stereocenters. The Morgan fingerprint density at radius 1 is 1.62 bits per heavy atom. The van der Waals surface area contributed by atoms with Crippen LogP contribution >= 0.6 is 0 Å². The monoisotopic (exact) mass is 178 g/mol. The van der Waals surface area contributed by atoms with Crippen LogP contribution in [0.5, 0.6) is 0 Å². The summed E-state index contributed by atoms with van der Waals surface area (Å²) in [7, 11) is 0. The first-order chi connectivity index (χ1) is 6.25. The van der Waals surface area contributed by atoms with Gasteiger partial charge in [-0.15, -0.1) is 0 Å². The molecule has 0 aliphatic heterocycles. The lowest BCUT2D eigenvalue weighted by molar-refractivity contribution is 0.879. The smallest absolute Gasteiger partial charge is 0.221 e. The summed E-state index contributed by atoms with van der Waals surface area (Å²) < 4.78 is 0. The van der Waals surface area contributed by atoms with Crippen molar-refractivity contribution >= 4 is 11.8 Å². The maximum atomic E-state index is 5.49. The van der Waals surface area contributed by atoms with Gasteiger partial charge in [-0.3, -0.25) is 0 Å². The number of anilines is 2. The van der Waals surface area contributed by atoms with E-state index in [1.54, 1.807) is 6.20 Å². The van der Waals surface area contributed by atoms with E-state index in [0.717, 1.165) is 23.8 Å². The van der Waals surface area contributed by atoms with Gasteiger partial charge in [-0.25, -0.2) is 4.98 Å². The highest BCUT2D eigenvalue weighted by atomic mass is 15.1. The quantitative estimate of drug-likeness (QED) is 0.729. The van der Waals surface area contributed by atoms with Crippen LogP contribution in [0.2, 0.25) is 0 Å². The lowest BCUT2D eigenvalue weighted by Crippen LogP contribution is -2.08. The van der Waals surface area contributed by atoms with Crippen molar-refractivity contribution in [3.8, 4) is 0 Å². The first kappa shape index (κ1) is 8.29. The van der Waals surface area contributed by atoms with Gasteiger partial charge in [-0.2, -0.15) is 4.98 Å². The molecular weight excluding hydrogens is 164 g/mol. The minimum Gasteiger partial charge on any atom is -0.369 e. The van der Waals surface area contributed by atoms with Gasteiger partial charge < -0.3 is 11.1 Å². The van der Waals surface area contributed by atoms with E-state index in [1.165, 1.54) is 12.8 Å². The second-order valence-electron chi connectivity index (χ2n) is 3.58. The molecule has 3 N–H and O–H groups in total. The number of hydrogen-bond acceptors (Lipinski definition) is 4. The van der Waals surface area contributed by atoms with Gasteiger partial charge >= 0.3 is 0 Å². The van der Waals surface area contributed by atoms with Crippen LogP contribution < -0.4 is 11.1 Å². The molecule has 1 fully saturated rings. The molecule has 13 heavy (non-hydrogen) atoms. The third kappa shape index (κ3) is 2.08. The lowest BCUT2D eigenvalue weighted by Gasteiger charge is -2.07. The van der Waals surface area contributed by atoms with Crippen LogP contribution in [-0.4, -0.2) is 16.5 Å². The van der Waals surface area contributed by atoms with Crippen molar-refractivity contribution in [2.75, 3.05) is 17.6 Å². The molecule has 70 valence electrons. The van der Waals surface area contributed by atoms with Gasteiger partial charge in [0.1, 0.15) is 5.82 Å². The van der Waals surface area contributed by atoms with Gasteiger partial charge in [0.25, 0.3) is 0 Å². The molecular formula is C9H14N4. The van der Waals surface area contributed by atoms with Crippen molar-refractivity contribution in [3.05, 3.63) is 11.8 Å². The van der Waals surface area contributed by atoms with Crippen LogP contribution in [0.4, 0.5) is 11.8 Å². The van der Waals surface area contributed by atoms with Crippen molar-refractivity contribution in [3.63, 3.8) is 0 Å². The predicted molar refractivity (Wildman–Crippen MR) is 52.4 cm³/mol. The van der Waals surface area contributed by atoms with Crippen molar-refractivity contribution in [2.24, 2.45) is 5.92 Å². The predicted octanol–water partition coefficient (Wildman–Crippen LogP) is 1.19. The third-order valence-electron chi connectivity index (χ3n) is 2.25. The van der Waals surface area contributed by atoms with Crippen LogP contribution in [0.25, 0.3) is 0 Å². The Morgan fingerprint density at radius 2 is 2.38 bits per heavy atom. The fourth-order valence-corrected chi connectivity index (χ4v) is 1.20. The van der Waals surface area contributed by atoms with Crippen LogP contribution in [0.1, 0.15) is 18.4 Å². The summed E-state index contributed by atoms with van der Waals surface area (Å²) in [6.45, 7) is 2.99. The fraction of sp³-hybridized carbons (Fsp3) is 0.556. The van der Waals surface area contributed by atoms with Crippen LogP contribution in [0.3, 0.4) is 0 Å². The Kier molecular flexibility index (Phi) is 2.04. The van der Waals surface area contributed by atoms with Gasteiger partial charge in [0, 0.05) is 18.3 Å². The fourth-order valence-electron chi connectivity index (χ4n) is 1.20. The van der Waals surface area contributed by atoms with Gasteiger partial charge in [0.15, 0.2) is 0 Å². The van der Waals surface area contributed by atoms with E-state index in [0.29, 0.717) is 5.95 Å². The van der Waals surface area contributed by atoms with Gasteiger partial charge in [-0.05, 0) is 25.7 Å². The molecule has 1 aromatic rings. The molecule has 1 saturated carbocycles. The number of aryl methyl sites for hydroxylation is 1. The van der Waals surface area contributed by atoms with E-state index < -0.39 is 0 Å². The van der Waals surface area contributed by atoms with Crippen molar-refractivity contribution in [2.45, 2.75) is 19.8 Å². The highest BCUT2D eigenvalue weighted by Crippen LogP contribution is 2.29. The molecule has 1 aliphatic rings. The zero-order valence-electron chi connectivity index (χ0n) is 7.75. The summed E-state index contributed by atoms with van der Waals surface area (Å²) in [5.41, 5.74) is 6.54. The molecule has 0 saturated heterocycles. The second kappa shape index (κ2) is 3.20. The number of nitrogens with two attached hydrogens (primary N) is 1. The number of nitrogens with one attached hydrogen (secondary N) is 1. The minimum absolute atomic E-state index is 0.337. The summed E-state index contributed by atoms with van der Waals surface area (Å²) in [6.07, 6.45) is 4.43. The topological polar surface area (TPSA) is 63.8 Å². The van der Waals surface area contributed by atoms with E-state index >= 15 is 0 Å². The first-order valence-electron chi connectivity index (χ1n) is 4.58. The van der Waals surface area contributed by atoms with E-state index in [-0.39, 0.29) is 0 Å². The Balaban J connectivity index is 2.03. The zero-order valence-corrected chi connectivity index (χ0v) is 7.75. The molecule has 1 aliphatic carbocycles. The lowest BCUT2D eigenvalue weighted by atomic mass is 10.3.